The molecule has 0 atom stereocenters. The average molecular weight is 642 g/mol. The van der Waals surface area contributed by atoms with E-state index in [-0.39, 0.29) is 5.41 Å². The second kappa shape index (κ2) is 10.8. The molecule has 4 nitrogen and oxygen atoms in total. The molecule has 0 saturated heterocycles. The number of nitrogens with zero attached hydrogens (tertiary/aromatic N) is 3. The van der Waals surface area contributed by atoms with Crippen LogP contribution in [-0.2, 0) is 5.41 Å². The van der Waals surface area contributed by atoms with Crippen LogP contribution in [-0.4, -0.2) is 15.0 Å². The molecule has 2 aromatic heterocycles. The number of rotatable bonds is 4. The summed E-state index contributed by atoms with van der Waals surface area (Å²) in [6.07, 6.45) is 0. The molecule has 0 radical (unpaired) electrons. The lowest BCUT2D eigenvalue weighted by Gasteiger charge is -2.21. The van der Waals surface area contributed by atoms with Crippen LogP contribution in [0.4, 0.5) is 0 Å². The smallest absolute Gasteiger partial charge is 0.164 e. The lowest BCUT2D eigenvalue weighted by Crippen LogP contribution is -2.15. The molecule has 0 fully saturated rings. The number of aromatic nitrogens is 3. The molecule has 0 unspecified atom stereocenters. The summed E-state index contributed by atoms with van der Waals surface area (Å²) in [6, 6.07) is 53.1. The maximum absolute atomic E-state index is 6.57. The van der Waals surface area contributed by atoms with E-state index in [4.69, 9.17) is 19.4 Å². The fourth-order valence-corrected chi connectivity index (χ4v) is 7.78. The number of hydrogen-bond acceptors (Lipinski definition) is 4. The first-order chi connectivity index (χ1) is 24.5. The van der Waals surface area contributed by atoms with Crippen LogP contribution >= 0.6 is 0 Å². The predicted octanol–water partition coefficient (Wildman–Crippen LogP) is 11.9. The van der Waals surface area contributed by atoms with Crippen molar-refractivity contribution in [3.63, 3.8) is 0 Å². The highest BCUT2D eigenvalue weighted by Crippen LogP contribution is 2.49. The molecule has 236 valence electrons. The maximum atomic E-state index is 6.57. The van der Waals surface area contributed by atoms with Gasteiger partial charge in [-0.25, -0.2) is 15.0 Å². The van der Waals surface area contributed by atoms with Gasteiger partial charge in [-0.1, -0.05) is 141 Å². The zero-order valence-electron chi connectivity index (χ0n) is 27.7. The number of furan rings is 1. The van der Waals surface area contributed by atoms with Crippen LogP contribution in [0.25, 0.3) is 89.1 Å². The first kappa shape index (κ1) is 28.6. The maximum Gasteiger partial charge on any atom is 0.164 e. The van der Waals surface area contributed by atoms with E-state index in [0.717, 1.165) is 60.5 Å². The Hall–Kier alpha value is -6.39. The van der Waals surface area contributed by atoms with Crippen molar-refractivity contribution in [3.05, 3.63) is 163 Å². The molecule has 4 heteroatoms. The summed E-state index contributed by atoms with van der Waals surface area (Å²) in [5.74, 6) is 1.91. The Kier molecular flexibility index (Phi) is 6.19. The zero-order valence-corrected chi connectivity index (χ0v) is 27.7. The molecule has 0 aliphatic heterocycles. The molecule has 0 bridgehead atoms. The van der Waals surface area contributed by atoms with Crippen LogP contribution in [0.1, 0.15) is 25.0 Å². The molecule has 9 aromatic rings. The Labute approximate surface area is 289 Å². The Balaban J connectivity index is 1.24. The van der Waals surface area contributed by atoms with Gasteiger partial charge < -0.3 is 4.42 Å². The van der Waals surface area contributed by atoms with Crippen LogP contribution in [0.3, 0.4) is 0 Å². The second-order valence-corrected chi connectivity index (χ2v) is 13.6. The third-order valence-electron chi connectivity index (χ3n) is 10.3. The van der Waals surface area contributed by atoms with Crippen molar-refractivity contribution in [2.24, 2.45) is 0 Å². The topological polar surface area (TPSA) is 51.8 Å². The van der Waals surface area contributed by atoms with Crippen molar-refractivity contribution >= 4 is 32.7 Å². The van der Waals surface area contributed by atoms with Gasteiger partial charge in [0.15, 0.2) is 17.5 Å². The van der Waals surface area contributed by atoms with Crippen molar-refractivity contribution in [3.8, 4) is 56.4 Å². The van der Waals surface area contributed by atoms with Gasteiger partial charge in [0.25, 0.3) is 0 Å². The van der Waals surface area contributed by atoms with Gasteiger partial charge in [-0.05, 0) is 63.0 Å². The standard InChI is InChI=1S/C46H31N3O/c1-46(2)39-19-11-9-17-33(39)34-24-22-31(26-40(34)46)44-47-43(29-15-7-4-8-16-29)48-45(49-44)38-27-37-35-18-10-12-20-41(35)50-42(37)36-25-30(21-23-32(36)38)28-13-5-3-6-14-28/h3-27H,1-2H3. The average Bonchev–Trinajstić information content (AvgIpc) is 3.67. The van der Waals surface area contributed by atoms with Gasteiger partial charge >= 0.3 is 0 Å². The van der Waals surface area contributed by atoms with Gasteiger partial charge in [0, 0.05) is 38.3 Å². The minimum absolute atomic E-state index is 0.139. The molecule has 7 aromatic carbocycles. The van der Waals surface area contributed by atoms with E-state index in [1.54, 1.807) is 0 Å². The van der Waals surface area contributed by atoms with Crippen molar-refractivity contribution < 1.29 is 4.42 Å². The molecule has 0 saturated carbocycles. The van der Waals surface area contributed by atoms with E-state index in [9.17, 15) is 0 Å². The lowest BCUT2D eigenvalue weighted by molar-refractivity contribution is 0.660. The first-order valence-electron chi connectivity index (χ1n) is 17.0. The summed E-state index contributed by atoms with van der Waals surface area (Å²) in [4.78, 5) is 15.6. The highest BCUT2D eigenvalue weighted by molar-refractivity contribution is 6.19. The second-order valence-electron chi connectivity index (χ2n) is 13.6. The summed E-state index contributed by atoms with van der Waals surface area (Å²) in [5, 5.41) is 4.15. The van der Waals surface area contributed by atoms with Gasteiger partial charge in [-0.2, -0.15) is 0 Å². The summed E-state index contributed by atoms with van der Waals surface area (Å²) in [5.41, 5.74) is 11.9. The quantitative estimate of drug-likeness (QED) is 0.192. The summed E-state index contributed by atoms with van der Waals surface area (Å²) < 4.78 is 6.57. The van der Waals surface area contributed by atoms with E-state index in [2.05, 4.69) is 129 Å². The SMILES string of the molecule is CC1(C)c2ccccc2-c2ccc(-c3nc(-c4ccccc4)nc(-c4cc5c6ccccc6oc5c5cc(-c6ccccc6)ccc45)n3)cc21. The number of benzene rings is 7. The van der Waals surface area contributed by atoms with E-state index in [1.807, 2.05) is 36.4 Å². The van der Waals surface area contributed by atoms with Crippen molar-refractivity contribution in [1.29, 1.82) is 0 Å². The molecular weight excluding hydrogens is 611 g/mol. The van der Waals surface area contributed by atoms with Crippen LogP contribution < -0.4 is 0 Å². The minimum Gasteiger partial charge on any atom is -0.455 e. The van der Waals surface area contributed by atoms with E-state index in [1.165, 1.54) is 22.3 Å². The van der Waals surface area contributed by atoms with Crippen molar-refractivity contribution in [2.75, 3.05) is 0 Å². The number of para-hydroxylation sites is 1. The largest absolute Gasteiger partial charge is 0.455 e. The Morgan fingerprint density at radius 2 is 1.02 bits per heavy atom. The number of fused-ring (bicyclic) bond motifs is 8. The third kappa shape index (κ3) is 4.35. The monoisotopic (exact) mass is 641 g/mol. The van der Waals surface area contributed by atoms with E-state index >= 15 is 0 Å². The lowest BCUT2D eigenvalue weighted by atomic mass is 9.82. The fraction of sp³-hybridized carbons (Fsp3) is 0.0652. The Bertz CT molecular complexity index is 2780. The fourth-order valence-electron chi connectivity index (χ4n) is 7.78. The molecule has 0 N–H and O–H groups in total. The minimum atomic E-state index is -0.139. The van der Waals surface area contributed by atoms with Crippen molar-refractivity contribution in [1.82, 2.24) is 15.0 Å². The Morgan fingerprint density at radius 3 is 1.84 bits per heavy atom. The van der Waals surface area contributed by atoms with Gasteiger partial charge in [-0.15, -0.1) is 0 Å². The van der Waals surface area contributed by atoms with Crippen LogP contribution in [0.2, 0.25) is 0 Å². The van der Waals surface area contributed by atoms with Crippen LogP contribution in [0, 0.1) is 0 Å². The molecule has 2 heterocycles. The van der Waals surface area contributed by atoms with Gasteiger partial charge in [0.1, 0.15) is 11.2 Å². The van der Waals surface area contributed by atoms with E-state index < -0.39 is 0 Å². The highest BCUT2D eigenvalue weighted by atomic mass is 16.3. The number of hydrogen-bond donors (Lipinski definition) is 0. The van der Waals surface area contributed by atoms with Gasteiger partial charge in [-0.3, -0.25) is 0 Å². The highest BCUT2D eigenvalue weighted by Gasteiger charge is 2.35. The molecule has 50 heavy (non-hydrogen) atoms. The van der Waals surface area contributed by atoms with Crippen LogP contribution in [0.15, 0.2) is 156 Å². The molecule has 1 aliphatic carbocycles. The summed E-state index contributed by atoms with van der Waals surface area (Å²) in [6.45, 7) is 4.60. The Morgan fingerprint density at radius 1 is 0.400 bits per heavy atom. The summed E-state index contributed by atoms with van der Waals surface area (Å²) >= 11 is 0. The predicted molar refractivity (Wildman–Crippen MR) is 204 cm³/mol. The zero-order chi connectivity index (χ0) is 33.4. The summed E-state index contributed by atoms with van der Waals surface area (Å²) in [7, 11) is 0. The molecule has 1 aliphatic rings. The van der Waals surface area contributed by atoms with E-state index in [0.29, 0.717) is 17.5 Å². The van der Waals surface area contributed by atoms with Crippen LogP contribution in [0.5, 0.6) is 0 Å². The van der Waals surface area contributed by atoms with Gasteiger partial charge in [0.2, 0.25) is 0 Å². The molecule has 0 amide bonds. The van der Waals surface area contributed by atoms with Gasteiger partial charge in [0.05, 0.1) is 0 Å². The third-order valence-corrected chi connectivity index (χ3v) is 10.3. The first-order valence-corrected chi connectivity index (χ1v) is 17.0. The van der Waals surface area contributed by atoms with Crippen molar-refractivity contribution in [2.45, 2.75) is 19.3 Å². The molecular formula is C46H31N3O. The normalized spacial score (nSPS) is 13.2. The molecule has 10 rings (SSSR count). The molecule has 0 spiro atoms.